The lowest BCUT2D eigenvalue weighted by molar-refractivity contribution is -0.0384. The Kier molecular flexibility index (Phi) is 6.43. The Morgan fingerprint density at radius 1 is 1.32 bits per heavy atom. The summed E-state index contributed by atoms with van der Waals surface area (Å²) in [5.41, 5.74) is -0.151. The van der Waals surface area contributed by atoms with Crippen molar-refractivity contribution in [3.63, 3.8) is 0 Å². The number of rotatable bonds is 7. The van der Waals surface area contributed by atoms with Gasteiger partial charge in [0.15, 0.2) is 0 Å². The Hall–Kier alpha value is 0.0300. The summed E-state index contributed by atoms with van der Waals surface area (Å²) in [5.74, 6) is 0. The van der Waals surface area contributed by atoms with Crippen LogP contribution >= 0.6 is 7.82 Å². The van der Waals surface area contributed by atoms with Crippen molar-refractivity contribution in [2.24, 2.45) is 5.41 Å². The Morgan fingerprint density at radius 2 is 1.89 bits per heavy atom. The largest absolute Gasteiger partial charge is 0.475 e. The molecular weight excluding hydrogens is 271 g/mol. The monoisotopic (exact) mass is 296 g/mol. The van der Waals surface area contributed by atoms with Crippen molar-refractivity contribution in [2.45, 2.75) is 46.3 Å². The highest BCUT2D eigenvalue weighted by atomic mass is 31.2. The molecule has 2 unspecified atom stereocenters. The van der Waals surface area contributed by atoms with Crippen LogP contribution in [0.15, 0.2) is 0 Å². The van der Waals surface area contributed by atoms with E-state index in [0.29, 0.717) is 19.6 Å². The van der Waals surface area contributed by atoms with Crippen LogP contribution in [0.4, 0.5) is 0 Å². The quantitative estimate of drug-likeness (QED) is 0.727. The second-order valence-electron chi connectivity index (χ2n) is 5.68. The van der Waals surface area contributed by atoms with Gasteiger partial charge in [-0.3, -0.25) is 13.6 Å². The third kappa shape index (κ3) is 6.34. The lowest BCUT2D eigenvalue weighted by atomic mass is 9.97. The van der Waals surface area contributed by atoms with E-state index in [4.69, 9.17) is 23.4 Å². The van der Waals surface area contributed by atoms with Gasteiger partial charge in [-0.05, 0) is 13.3 Å². The average molecular weight is 296 g/mol. The highest BCUT2D eigenvalue weighted by Crippen LogP contribution is 2.55. The van der Waals surface area contributed by atoms with Crippen LogP contribution in [0.5, 0.6) is 0 Å². The van der Waals surface area contributed by atoms with Gasteiger partial charge in [-0.1, -0.05) is 20.8 Å². The smallest absolute Gasteiger partial charge is 0.391 e. The SMILES string of the molecule is CCC(COCC(C)O)OP1(=O)OCC(C)(C)CO1. The van der Waals surface area contributed by atoms with E-state index in [1.165, 1.54) is 0 Å². The summed E-state index contributed by atoms with van der Waals surface area (Å²) in [6, 6.07) is 0. The minimum atomic E-state index is -3.47. The Balaban J connectivity index is 2.40. The zero-order valence-corrected chi connectivity index (χ0v) is 13.0. The summed E-state index contributed by atoms with van der Waals surface area (Å²) < 4.78 is 33.4. The first-order valence-corrected chi connectivity index (χ1v) is 8.06. The number of ether oxygens (including phenoxy) is 1. The number of phosphoric acid groups is 1. The fraction of sp³-hybridized carbons (Fsp3) is 1.00. The van der Waals surface area contributed by atoms with E-state index in [2.05, 4.69) is 0 Å². The number of phosphoric ester groups is 1. The highest BCUT2D eigenvalue weighted by molar-refractivity contribution is 7.48. The van der Waals surface area contributed by atoms with Crippen LogP contribution in [0, 0.1) is 5.41 Å². The molecule has 1 rings (SSSR count). The number of hydrogen-bond acceptors (Lipinski definition) is 6. The molecule has 2 atom stereocenters. The number of aliphatic hydroxyl groups excluding tert-OH is 1. The molecule has 6 nitrogen and oxygen atoms in total. The van der Waals surface area contributed by atoms with Gasteiger partial charge in [0.25, 0.3) is 0 Å². The fourth-order valence-electron chi connectivity index (χ4n) is 1.42. The minimum Gasteiger partial charge on any atom is -0.391 e. The number of aliphatic hydroxyl groups is 1. The van der Waals surface area contributed by atoms with Gasteiger partial charge in [0, 0.05) is 5.41 Å². The van der Waals surface area contributed by atoms with E-state index in [0.717, 1.165) is 0 Å². The van der Waals surface area contributed by atoms with Crippen LogP contribution in [0.25, 0.3) is 0 Å². The van der Waals surface area contributed by atoms with Crippen LogP contribution < -0.4 is 0 Å². The van der Waals surface area contributed by atoms with Gasteiger partial charge in [-0.15, -0.1) is 0 Å². The molecule has 0 saturated carbocycles. The van der Waals surface area contributed by atoms with Crippen molar-refractivity contribution in [1.82, 2.24) is 0 Å². The lowest BCUT2D eigenvalue weighted by Gasteiger charge is -2.34. The predicted octanol–water partition coefficient (Wildman–Crippen LogP) is 2.36. The van der Waals surface area contributed by atoms with Gasteiger partial charge in [0.1, 0.15) is 0 Å². The Morgan fingerprint density at radius 3 is 2.37 bits per heavy atom. The topological polar surface area (TPSA) is 74.2 Å². The second-order valence-corrected chi connectivity index (χ2v) is 7.30. The summed E-state index contributed by atoms with van der Waals surface area (Å²) in [6.07, 6.45) is -0.276. The standard InChI is InChI=1S/C12H25O6P/c1-5-11(7-15-6-10(2)13)18-19(14)16-8-12(3,4)9-17-19/h10-11,13H,5-9H2,1-4H3. The van der Waals surface area contributed by atoms with Gasteiger partial charge in [0.05, 0.1) is 38.6 Å². The zero-order valence-electron chi connectivity index (χ0n) is 12.1. The maximum absolute atomic E-state index is 12.2. The molecule has 1 N–H and O–H groups in total. The lowest BCUT2D eigenvalue weighted by Crippen LogP contribution is -2.31. The van der Waals surface area contributed by atoms with Crippen molar-refractivity contribution in [1.29, 1.82) is 0 Å². The molecule has 7 heteroatoms. The molecule has 0 aromatic carbocycles. The van der Waals surface area contributed by atoms with Crippen molar-refractivity contribution in [3.05, 3.63) is 0 Å². The van der Waals surface area contributed by atoms with Gasteiger partial charge in [-0.25, -0.2) is 4.57 Å². The zero-order chi connectivity index (χ0) is 14.5. The van der Waals surface area contributed by atoms with E-state index in [9.17, 15) is 4.57 Å². The highest BCUT2D eigenvalue weighted by Gasteiger charge is 2.39. The van der Waals surface area contributed by atoms with E-state index in [1.807, 2.05) is 20.8 Å². The Labute approximate surface area is 115 Å². The van der Waals surface area contributed by atoms with E-state index in [1.54, 1.807) is 6.92 Å². The normalized spacial score (nSPS) is 24.9. The molecule has 0 amide bonds. The molecule has 0 spiro atoms. The number of hydrogen-bond donors (Lipinski definition) is 1. The first kappa shape index (κ1) is 17.1. The first-order chi connectivity index (χ1) is 8.76. The van der Waals surface area contributed by atoms with E-state index < -0.39 is 13.9 Å². The molecule has 19 heavy (non-hydrogen) atoms. The molecule has 0 radical (unpaired) electrons. The van der Waals surface area contributed by atoms with Crippen molar-refractivity contribution >= 4 is 7.82 Å². The van der Waals surface area contributed by atoms with Gasteiger partial charge in [0.2, 0.25) is 0 Å². The van der Waals surface area contributed by atoms with Gasteiger partial charge in [-0.2, -0.15) is 0 Å². The summed E-state index contributed by atoms with van der Waals surface area (Å²) >= 11 is 0. The van der Waals surface area contributed by atoms with Crippen molar-refractivity contribution in [2.75, 3.05) is 26.4 Å². The molecule has 1 aliphatic rings. The maximum atomic E-state index is 12.2. The molecule has 0 aromatic heterocycles. The van der Waals surface area contributed by atoms with Crippen LogP contribution in [0.2, 0.25) is 0 Å². The molecule has 1 heterocycles. The summed E-state index contributed by atoms with van der Waals surface area (Å²) in [4.78, 5) is 0. The second kappa shape index (κ2) is 7.16. The third-order valence-electron chi connectivity index (χ3n) is 2.62. The van der Waals surface area contributed by atoms with Crippen molar-refractivity contribution in [3.8, 4) is 0 Å². The Bertz CT molecular complexity index is 303. The molecule has 0 aromatic rings. The third-order valence-corrected chi connectivity index (χ3v) is 4.07. The molecule has 1 aliphatic heterocycles. The average Bonchev–Trinajstić information content (AvgIpc) is 2.32. The molecule has 1 saturated heterocycles. The fourth-order valence-corrected chi connectivity index (χ4v) is 3.21. The summed E-state index contributed by atoms with van der Waals surface area (Å²) in [6.45, 7) is 8.64. The predicted molar refractivity (Wildman–Crippen MR) is 71.0 cm³/mol. The molecule has 0 aliphatic carbocycles. The van der Waals surface area contributed by atoms with E-state index >= 15 is 0 Å². The van der Waals surface area contributed by atoms with Gasteiger partial charge < -0.3 is 9.84 Å². The van der Waals surface area contributed by atoms with Gasteiger partial charge >= 0.3 is 7.82 Å². The minimum absolute atomic E-state index is 0.151. The molecule has 114 valence electrons. The summed E-state index contributed by atoms with van der Waals surface area (Å²) in [5, 5.41) is 9.10. The first-order valence-electron chi connectivity index (χ1n) is 6.60. The van der Waals surface area contributed by atoms with Crippen molar-refractivity contribution < 1.29 is 28.0 Å². The molecule has 0 bridgehead atoms. The molecular formula is C12H25O6P. The van der Waals surface area contributed by atoms with E-state index in [-0.39, 0.29) is 24.7 Å². The van der Waals surface area contributed by atoms with Crippen LogP contribution in [-0.4, -0.2) is 43.7 Å². The van der Waals surface area contributed by atoms with Crippen LogP contribution in [-0.2, 0) is 22.9 Å². The maximum Gasteiger partial charge on any atom is 0.475 e. The van der Waals surface area contributed by atoms with Crippen LogP contribution in [0.3, 0.4) is 0 Å². The summed E-state index contributed by atoms with van der Waals surface area (Å²) in [7, 11) is -3.47. The molecule has 1 fully saturated rings. The van der Waals surface area contributed by atoms with Crippen LogP contribution in [0.1, 0.15) is 34.1 Å².